The third-order valence-corrected chi connectivity index (χ3v) is 6.10. The van der Waals surface area contributed by atoms with Crippen molar-refractivity contribution in [2.45, 2.75) is 19.1 Å². The van der Waals surface area contributed by atoms with E-state index in [0.717, 1.165) is 34.7 Å². The lowest BCUT2D eigenvalue weighted by molar-refractivity contribution is 0.0652. The van der Waals surface area contributed by atoms with Crippen LogP contribution < -0.4 is 14.8 Å². The van der Waals surface area contributed by atoms with Crippen LogP contribution in [-0.2, 0) is 13.6 Å². The normalized spacial score (nSPS) is 17.1. The van der Waals surface area contributed by atoms with Crippen molar-refractivity contribution in [3.63, 3.8) is 0 Å². The Morgan fingerprint density at radius 1 is 1.06 bits per heavy atom. The molecule has 34 heavy (non-hydrogen) atoms. The summed E-state index contributed by atoms with van der Waals surface area (Å²) in [6.07, 6.45) is 3.97. The lowest BCUT2D eigenvalue weighted by Crippen LogP contribution is -2.42. The molecule has 8 nitrogen and oxygen atoms in total. The molecular weight excluding hydrogens is 432 g/mol. The molecule has 0 aliphatic carbocycles. The first kappa shape index (κ1) is 20.4. The van der Waals surface area contributed by atoms with Crippen LogP contribution in [0.2, 0.25) is 0 Å². The number of aromatic nitrogens is 2. The maximum absolute atomic E-state index is 13.6. The maximum Gasteiger partial charge on any atom is 0.258 e. The summed E-state index contributed by atoms with van der Waals surface area (Å²) in [6, 6.07) is 17.1. The van der Waals surface area contributed by atoms with Crippen LogP contribution in [0, 0.1) is 0 Å². The smallest absolute Gasteiger partial charge is 0.258 e. The van der Waals surface area contributed by atoms with Gasteiger partial charge >= 0.3 is 0 Å². The van der Waals surface area contributed by atoms with E-state index in [4.69, 9.17) is 19.0 Å². The van der Waals surface area contributed by atoms with E-state index in [1.807, 2.05) is 67.8 Å². The number of ether oxygens (including phenoxy) is 2. The fraction of sp³-hybridized carbons (Fsp3) is 0.231. The summed E-state index contributed by atoms with van der Waals surface area (Å²) in [5.41, 5.74) is 3.97. The van der Waals surface area contributed by atoms with Gasteiger partial charge in [0.25, 0.3) is 5.91 Å². The highest BCUT2D eigenvalue weighted by Gasteiger charge is 2.36. The molecule has 1 amide bonds. The van der Waals surface area contributed by atoms with Crippen molar-refractivity contribution in [1.29, 1.82) is 0 Å². The monoisotopic (exact) mass is 456 g/mol. The summed E-state index contributed by atoms with van der Waals surface area (Å²) in [7, 11) is 1.88. The molecule has 8 heteroatoms. The highest BCUT2D eigenvalue weighted by molar-refractivity contribution is 6.01. The Labute approximate surface area is 196 Å². The average Bonchev–Trinajstić information content (AvgIpc) is 3.44. The minimum Gasteiger partial charge on any atom is -0.490 e. The number of hydrogen-bond donors (Lipinski definition) is 1. The second-order valence-electron chi connectivity index (χ2n) is 8.42. The van der Waals surface area contributed by atoms with Crippen molar-refractivity contribution in [1.82, 2.24) is 14.7 Å². The number of rotatable bonds is 4. The summed E-state index contributed by atoms with van der Waals surface area (Å²) >= 11 is 0. The molecule has 1 unspecified atom stereocenters. The Hall–Kier alpha value is -4.20. The zero-order valence-electron chi connectivity index (χ0n) is 18.7. The van der Waals surface area contributed by atoms with Gasteiger partial charge in [-0.2, -0.15) is 5.10 Å². The molecule has 0 saturated heterocycles. The second kappa shape index (κ2) is 8.30. The van der Waals surface area contributed by atoms with Crippen LogP contribution in [0.1, 0.15) is 34.3 Å². The molecular formula is C26H24N4O4. The number of anilines is 1. The van der Waals surface area contributed by atoms with Crippen LogP contribution in [-0.4, -0.2) is 33.8 Å². The molecule has 4 aromatic rings. The molecule has 1 N–H and O–H groups in total. The molecule has 2 aliphatic heterocycles. The van der Waals surface area contributed by atoms with Gasteiger partial charge < -0.3 is 24.1 Å². The van der Waals surface area contributed by atoms with Gasteiger partial charge in [-0.25, -0.2) is 0 Å². The first-order chi connectivity index (χ1) is 16.7. The average molecular weight is 457 g/mol. The molecule has 2 aliphatic rings. The Kier molecular flexibility index (Phi) is 4.98. The van der Waals surface area contributed by atoms with E-state index in [1.54, 1.807) is 15.8 Å². The van der Waals surface area contributed by atoms with Crippen LogP contribution >= 0.6 is 0 Å². The number of carbonyl (C=O) groups is 1. The molecule has 2 aromatic carbocycles. The van der Waals surface area contributed by atoms with Crippen molar-refractivity contribution in [3.8, 4) is 22.8 Å². The molecule has 4 heterocycles. The Bertz CT molecular complexity index is 1340. The van der Waals surface area contributed by atoms with Crippen LogP contribution in [0.3, 0.4) is 0 Å². The zero-order valence-corrected chi connectivity index (χ0v) is 18.7. The molecule has 0 fully saturated rings. The van der Waals surface area contributed by atoms with Gasteiger partial charge in [-0.3, -0.25) is 9.48 Å². The zero-order chi connectivity index (χ0) is 23.1. The minimum atomic E-state index is -0.438. The highest BCUT2D eigenvalue weighted by atomic mass is 16.5. The van der Waals surface area contributed by atoms with Gasteiger partial charge in [0.15, 0.2) is 11.5 Å². The molecule has 1 atom stereocenters. The van der Waals surface area contributed by atoms with E-state index in [0.29, 0.717) is 36.8 Å². The number of nitrogens with zero attached hydrogens (tertiary/aromatic N) is 3. The van der Waals surface area contributed by atoms with Crippen molar-refractivity contribution in [2.24, 2.45) is 7.05 Å². The predicted octanol–water partition coefficient (Wildman–Crippen LogP) is 4.61. The first-order valence-corrected chi connectivity index (χ1v) is 11.3. The van der Waals surface area contributed by atoms with Gasteiger partial charge in [-0.15, -0.1) is 0 Å². The highest BCUT2D eigenvalue weighted by Crippen LogP contribution is 2.40. The molecule has 2 aromatic heterocycles. The van der Waals surface area contributed by atoms with Crippen LogP contribution in [0.5, 0.6) is 11.5 Å². The number of nitrogens with one attached hydrogen (secondary N) is 1. The number of furan rings is 1. The van der Waals surface area contributed by atoms with Crippen LogP contribution in [0.4, 0.5) is 5.69 Å². The standard InChI is InChI=1S/C26H24N4O4/c1-29-16-20(24(28-29)17-9-10-22-23(14-17)34-13-5-12-33-22)25-27-21-8-3-2-7-19(21)26(31)30(25)15-18-6-4-11-32-18/h2-4,6-11,14,16,25,27H,5,12-13,15H2,1H3. The van der Waals surface area contributed by atoms with E-state index < -0.39 is 6.17 Å². The minimum absolute atomic E-state index is 0.0655. The van der Waals surface area contributed by atoms with Gasteiger partial charge in [0.2, 0.25) is 0 Å². The number of para-hydroxylation sites is 1. The second-order valence-corrected chi connectivity index (χ2v) is 8.42. The number of fused-ring (bicyclic) bond motifs is 2. The van der Waals surface area contributed by atoms with Crippen molar-refractivity contribution in [2.75, 3.05) is 18.5 Å². The molecule has 172 valence electrons. The first-order valence-electron chi connectivity index (χ1n) is 11.3. The van der Waals surface area contributed by atoms with Crippen LogP contribution in [0.15, 0.2) is 71.5 Å². The van der Waals surface area contributed by atoms with Gasteiger partial charge in [-0.1, -0.05) is 12.1 Å². The summed E-state index contributed by atoms with van der Waals surface area (Å²) in [5.74, 6) is 2.08. The van der Waals surface area contributed by atoms with Crippen molar-refractivity contribution >= 4 is 11.6 Å². The predicted molar refractivity (Wildman–Crippen MR) is 126 cm³/mol. The summed E-state index contributed by atoms with van der Waals surface area (Å²) in [6.45, 7) is 1.57. The molecule has 0 bridgehead atoms. The van der Waals surface area contributed by atoms with Crippen molar-refractivity contribution < 1.29 is 18.7 Å². The Morgan fingerprint density at radius 2 is 1.91 bits per heavy atom. The van der Waals surface area contributed by atoms with E-state index >= 15 is 0 Å². The van der Waals surface area contributed by atoms with Gasteiger partial charge in [0.1, 0.15) is 11.9 Å². The quantitative estimate of drug-likeness (QED) is 0.483. The lowest BCUT2D eigenvalue weighted by Gasteiger charge is -2.37. The third kappa shape index (κ3) is 3.57. The summed E-state index contributed by atoms with van der Waals surface area (Å²) in [5, 5.41) is 8.32. The number of carbonyl (C=O) groups excluding carboxylic acids is 1. The van der Waals surface area contributed by atoms with Crippen LogP contribution in [0.25, 0.3) is 11.3 Å². The number of aryl methyl sites for hydroxylation is 1. The largest absolute Gasteiger partial charge is 0.490 e. The topological polar surface area (TPSA) is 81.8 Å². The van der Waals surface area contributed by atoms with E-state index in [9.17, 15) is 4.79 Å². The Balaban J connectivity index is 1.44. The Morgan fingerprint density at radius 3 is 2.76 bits per heavy atom. The molecule has 6 rings (SSSR count). The van der Waals surface area contributed by atoms with Gasteiger partial charge in [0.05, 0.1) is 37.3 Å². The fourth-order valence-corrected chi connectivity index (χ4v) is 4.51. The summed E-state index contributed by atoms with van der Waals surface area (Å²) < 4.78 is 19.0. The lowest BCUT2D eigenvalue weighted by atomic mass is 10.0. The third-order valence-electron chi connectivity index (χ3n) is 6.10. The number of hydrogen-bond acceptors (Lipinski definition) is 6. The van der Waals surface area contributed by atoms with E-state index in [2.05, 4.69) is 5.32 Å². The number of amides is 1. The van der Waals surface area contributed by atoms with E-state index in [-0.39, 0.29) is 5.91 Å². The SMILES string of the molecule is Cn1cc(C2Nc3ccccc3C(=O)N2Cc2ccco2)c(-c2ccc3c(c2)OCCCO3)n1. The van der Waals surface area contributed by atoms with Gasteiger partial charge in [0, 0.05) is 36.5 Å². The number of benzene rings is 2. The van der Waals surface area contributed by atoms with Crippen molar-refractivity contribution in [3.05, 3.63) is 83.9 Å². The molecule has 0 radical (unpaired) electrons. The fourth-order valence-electron chi connectivity index (χ4n) is 4.51. The maximum atomic E-state index is 13.6. The van der Waals surface area contributed by atoms with E-state index in [1.165, 1.54) is 0 Å². The molecule has 0 saturated carbocycles. The summed E-state index contributed by atoms with van der Waals surface area (Å²) in [4.78, 5) is 15.4. The van der Waals surface area contributed by atoms with Gasteiger partial charge in [-0.05, 0) is 42.5 Å². The molecule has 0 spiro atoms.